The summed E-state index contributed by atoms with van der Waals surface area (Å²) in [6, 6.07) is 68.7. The van der Waals surface area contributed by atoms with Crippen LogP contribution in [0.1, 0.15) is 0 Å². The molecule has 0 fully saturated rings. The molecule has 1 nitrogen and oxygen atoms in total. The maximum absolute atomic E-state index is 2.38. The fraction of sp³-hybridized carbons (Fsp3) is 0. The molecule has 0 bridgehead atoms. The van der Waals surface area contributed by atoms with E-state index < -0.39 is 0 Å². The van der Waals surface area contributed by atoms with Gasteiger partial charge in [0.05, 0.1) is 11.0 Å². The minimum absolute atomic E-state index is 1.17. The highest BCUT2D eigenvalue weighted by atomic mass is 15.0. The highest BCUT2D eigenvalue weighted by Gasteiger charge is 2.13. The molecule has 0 aliphatic carbocycles. The summed E-state index contributed by atoms with van der Waals surface area (Å²) in [4.78, 5) is 0. The fourth-order valence-electron chi connectivity index (χ4n) is 7.85. The first-order chi connectivity index (χ1) is 24.3. The van der Waals surface area contributed by atoms with Crippen LogP contribution in [0.3, 0.4) is 0 Å². The lowest BCUT2D eigenvalue weighted by molar-refractivity contribution is 1.18. The van der Waals surface area contributed by atoms with Gasteiger partial charge in [-0.05, 0) is 102 Å². The van der Waals surface area contributed by atoms with Gasteiger partial charge in [-0.2, -0.15) is 0 Å². The van der Waals surface area contributed by atoms with Crippen molar-refractivity contribution in [1.29, 1.82) is 0 Å². The second kappa shape index (κ2) is 11.1. The van der Waals surface area contributed by atoms with Crippen molar-refractivity contribution in [2.75, 3.05) is 0 Å². The second-order valence-corrected chi connectivity index (χ2v) is 12.9. The highest BCUT2D eigenvalue weighted by molar-refractivity contribution is 6.25. The molecule has 0 radical (unpaired) electrons. The standard InChI is InChI=1S/C48H31N/c1-2-17-41-39(15-1)40-16-3-4-18-42(40)46-31-37(27-28-43(41)46)35-12-9-11-34(29-35)32-23-25-33(26-24-32)36-13-10-14-38(30-36)49-47-21-7-5-19-44(47)45-20-6-8-22-48(45)49/h1-31H. The van der Waals surface area contributed by atoms with Crippen LogP contribution in [-0.4, -0.2) is 4.57 Å². The van der Waals surface area contributed by atoms with Gasteiger partial charge in [0.2, 0.25) is 0 Å². The molecule has 228 valence electrons. The Labute approximate surface area is 284 Å². The van der Waals surface area contributed by atoms with Gasteiger partial charge in [-0.25, -0.2) is 0 Å². The topological polar surface area (TPSA) is 4.93 Å². The Balaban J connectivity index is 1.01. The first-order valence-electron chi connectivity index (χ1n) is 16.9. The van der Waals surface area contributed by atoms with E-state index in [1.54, 1.807) is 0 Å². The second-order valence-electron chi connectivity index (χ2n) is 12.9. The minimum atomic E-state index is 1.17. The maximum atomic E-state index is 2.38. The van der Waals surface area contributed by atoms with Crippen LogP contribution in [0, 0.1) is 0 Å². The molecule has 0 amide bonds. The third kappa shape index (κ3) is 4.47. The van der Waals surface area contributed by atoms with Gasteiger partial charge in [0, 0.05) is 16.5 Å². The molecule has 0 unspecified atom stereocenters. The highest BCUT2D eigenvalue weighted by Crippen LogP contribution is 2.38. The first kappa shape index (κ1) is 27.7. The quantitative estimate of drug-likeness (QED) is 0.172. The predicted molar refractivity (Wildman–Crippen MR) is 210 cm³/mol. The van der Waals surface area contributed by atoms with Crippen LogP contribution in [0.15, 0.2) is 188 Å². The van der Waals surface area contributed by atoms with Gasteiger partial charge in [-0.15, -0.1) is 0 Å². The summed E-state index contributed by atoms with van der Waals surface area (Å²) in [5, 5.41) is 10.4. The molecule has 0 atom stereocenters. The molecule has 49 heavy (non-hydrogen) atoms. The monoisotopic (exact) mass is 621 g/mol. The number of aromatic nitrogens is 1. The molecule has 0 N–H and O–H groups in total. The molecule has 10 aromatic rings. The van der Waals surface area contributed by atoms with E-state index in [0.717, 1.165) is 0 Å². The zero-order valence-electron chi connectivity index (χ0n) is 26.8. The number of fused-ring (bicyclic) bond motifs is 9. The van der Waals surface area contributed by atoms with Gasteiger partial charge in [-0.1, -0.05) is 152 Å². The SMILES string of the molecule is c1cc(-c2ccc(-c3cccc(-n4c5ccccc5c5ccccc54)c3)cc2)cc(-c2ccc3c4ccccc4c4ccccc4c3c2)c1. The predicted octanol–water partition coefficient (Wildman–Crippen LogP) is 13.2. The van der Waals surface area contributed by atoms with Crippen LogP contribution in [0.25, 0.3) is 93.2 Å². The zero-order chi connectivity index (χ0) is 32.3. The van der Waals surface area contributed by atoms with Crippen molar-refractivity contribution >= 4 is 54.1 Å². The van der Waals surface area contributed by atoms with E-state index in [1.165, 1.54) is 93.2 Å². The van der Waals surface area contributed by atoms with Crippen LogP contribution >= 0.6 is 0 Å². The summed E-state index contributed by atoms with van der Waals surface area (Å²) in [5.74, 6) is 0. The van der Waals surface area contributed by atoms with Gasteiger partial charge in [0.15, 0.2) is 0 Å². The van der Waals surface area contributed by atoms with Gasteiger partial charge >= 0.3 is 0 Å². The molecule has 0 saturated carbocycles. The van der Waals surface area contributed by atoms with E-state index in [4.69, 9.17) is 0 Å². The molecule has 0 aliphatic heterocycles. The Hall–Kier alpha value is -6.44. The van der Waals surface area contributed by atoms with Crippen molar-refractivity contribution in [3.05, 3.63) is 188 Å². The lowest BCUT2D eigenvalue weighted by Gasteiger charge is -2.13. The molecule has 9 aromatic carbocycles. The largest absolute Gasteiger partial charge is 0.309 e. The van der Waals surface area contributed by atoms with E-state index in [2.05, 4.69) is 193 Å². The van der Waals surface area contributed by atoms with E-state index in [-0.39, 0.29) is 0 Å². The zero-order valence-corrected chi connectivity index (χ0v) is 26.8. The smallest absolute Gasteiger partial charge is 0.0541 e. The third-order valence-corrected chi connectivity index (χ3v) is 10.2. The van der Waals surface area contributed by atoms with Gasteiger partial charge in [-0.3, -0.25) is 0 Å². The van der Waals surface area contributed by atoms with Crippen molar-refractivity contribution in [1.82, 2.24) is 4.57 Å². The molecule has 0 aliphatic rings. The molecule has 1 heteroatoms. The molecule has 1 aromatic heterocycles. The number of benzene rings is 9. The van der Waals surface area contributed by atoms with Gasteiger partial charge in [0.1, 0.15) is 0 Å². The molecule has 0 saturated heterocycles. The van der Waals surface area contributed by atoms with Crippen molar-refractivity contribution in [2.45, 2.75) is 0 Å². The van der Waals surface area contributed by atoms with Crippen molar-refractivity contribution in [2.24, 2.45) is 0 Å². The summed E-state index contributed by atoms with van der Waals surface area (Å²) < 4.78 is 2.38. The molecule has 10 rings (SSSR count). The molecular formula is C48H31N. The van der Waals surface area contributed by atoms with Crippen LogP contribution in [0.5, 0.6) is 0 Å². The summed E-state index contributed by atoms with van der Waals surface area (Å²) in [6.07, 6.45) is 0. The van der Waals surface area contributed by atoms with Crippen LogP contribution in [0.2, 0.25) is 0 Å². The van der Waals surface area contributed by atoms with Gasteiger partial charge < -0.3 is 4.57 Å². The molecule has 1 heterocycles. The number of nitrogens with zero attached hydrogens (tertiary/aromatic N) is 1. The van der Waals surface area contributed by atoms with Crippen LogP contribution < -0.4 is 0 Å². The van der Waals surface area contributed by atoms with E-state index >= 15 is 0 Å². The Morgan fingerprint density at radius 2 is 0.612 bits per heavy atom. The summed E-state index contributed by atoms with van der Waals surface area (Å²) in [7, 11) is 0. The number of para-hydroxylation sites is 2. The summed E-state index contributed by atoms with van der Waals surface area (Å²) in [5.41, 5.74) is 10.9. The molecular weight excluding hydrogens is 591 g/mol. The average Bonchev–Trinajstić information content (AvgIpc) is 3.52. The maximum Gasteiger partial charge on any atom is 0.0541 e. The lowest BCUT2D eigenvalue weighted by atomic mass is 9.91. The normalized spacial score (nSPS) is 11.7. The summed E-state index contributed by atoms with van der Waals surface area (Å²) >= 11 is 0. The van der Waals surface area contributed by atoms with Crippen molar-refractivity contribution in [3.8, 4) is 39.1 Å². The van der Waals surface area contributed by atoms with Crippen molar-refractivity contribution < 1.29 is 0 Å². The summed E-state index contributed by atoms with van der Waals surface area (Å²) in [6.45, 7) is 0. The van der Waals surface area contributed by atoms with E-state index in [9.17, 15) is 0 Å². The Kier molecular flexibility index (Phi) is 6.25. The Morgan fingerprint density at radius 1 is 0.224 bits per heavy atom. The lowest BCUT2D eigenvalue weighted by Crippen LogP contribution is -1.94. The van der Waals surface area contributed by atoms with E-state index in [1.807, 2.05) is 0 Å². The number of rotatable bonds is 4. The Morgan fingerprint density at radius 3 is 1.18 bits per heavy atom. The van der Waals surface area contributed by atoms with Crippen LogP contribution in [-0.2, 0) is 0 Å². The Bertz CT molecular complexity index is 2780. The molecule has 0 spiro atoms. The fourth-order valence-corrected chi connectivity index (χ4v) is 7.85. The first-order valence-corrected chi connectivity index (χ1v) is 16.9. The minimum Gasteiger partial charge on any atom is -0.309 e. The van der Waals surface area contributed by atoms with Crippen molar-refractivity contribution in [3.63, 3.8) is 0 Å². The third-order valence-electron chi connectivity index (χ3n) is 10.2. The average molecular weight is 622 g/mol. The van der Waals surface area contributed by atoms with Crippen LogP contribution in [0.4, 0.5) is 0 Å². The number of hydrogen-bond donors (Lipinski definition) is 0. The van der Waals surface area contributed by atoms with E-state index in [0.29, 0.717) is 0 Å². The van der Waals surface area contributed by atoms with Gasteiger partial charge in [0.25, 0.3) is 0 Å². The number of hydrogen-bond acceptors (Lipinski definition) is 0.